The lowest BCUT2D eigenvalue weighted by atomic mass is 9.91. The monoisotopic (exact) mass is 299 g/mol. The van der Waals surface area contributed by atoms with Crippen molar-refractivity contribution < 1.29 is 9.53 Å². The molecule has 1 aliphatic heterocycles. The molecule has 3 rings (SSSR count). The highest BCUT2D eigenvalue weighted by Gasteiger charge is 2.39. The minimum Gasteiger partial charge on any atom is -0.368 e. The molecule has 2 N–H and O–H groups in total. The van der Waals surface area contributed by atoms with Gasteiger partial charge in [-0.05, 0) is 56.6 Å². The zero-order valence-corrected chi connectivity index (χ0v) is 13.0. The largest absolute Gasteiger partial charge is 0.368 e. The molecule has 1 amide bonds. The zero-order valence-electron chi connectivity index (χ0n) is 13.0. The van der Waals surface area contributed by atoms with Crippen molar-refractivity contribution in [2.45, 2.75) is 25.4 Å². The molecular formula is C17H21N3O2. The molecule has 0 bridgehead atoms. The number of carbonyl (C=O) groups excluding carboxylic acids is 1. The van der Waals surface area contributed by atoms with Crippen LogP contribution in [0.15, 0.2) is 30.5 Å². The maximum absolute atomic E-state index is 12.8. The number of pyridine rings is 1. The highest BCUT2D eigenvalue weighted by Crippen LogP contribution is 2.28. The van der Waals surface area contributed by atoms with Crippen molar-refractivity contribution in [1.29, 1.82) is 0 Å². The van der Waals surface area contributed by atoms with Gasteiger partial charge in [0.05, 0.1) is 11.2 Å². The van der Waals surface area contributed by atoms with Crippen LogP contribution in [0, 0.1) is 6.92 Å². The Balaban J connectivity index is 1.93. The summed E-state index contributed by atoms with van der Waals surface area (Å²) in [6.07, 6.45) is 3.12. The summed E-state index contributed by atoms with van der Waals surface area (Å²) in [6, 6.07) is 7.77. The first kappa shape index (κ1) is 14.9. The lowest BCUT2D eigenvalue weighted by Crippen LogP contribution is -2.51. The number of carbonyl (C=O) groups is 1. The summed E-state index contributed by atoms with van der Waals surface area (Å²) in [5.41, 5.74) is 2.05. The van der Waals surface area contributed by atoms with Crippen LogP contribution >= 0.6 is 0 Å². The molecule has 2 aromatic rings. The Morgan fingerprint density at radius 3 is 2.82 bits per heavy atom. The molecule has 2 heterocycles. The summed E-state index contributed by atoms with van der Waals surface area (Å²) in [5.74, 6) is -0.0782. The van der Waals surface area contributed by atoms with Crippen molar-refractivity contribution >= 4 is 22.5 Å². The normalized spacial score (nSPS) is 17.4. The number of hydrogen-bond donors (Lipinski definition) is 2. The first-order valence-corrected chi connectivity index (χ1v) is 7.58. The number of amides is 1. The van der Waals surface area contributed by atoms with Crippen LogP contribution in [-0.4, -0.2) is 36.7 Å². The maximum atomic E-state index is 12.8. The molecule has 0 atom stereocenters. The van der Waals surface area contributed by atoms with Gasteiger partial charge in [0.1, 0.15) is 5.60 Å². The van der Waals surface area contributed by atoms with E-state index >= 15 is 0 Å². The molecule has 5 heteroatoms. The van der Waals surface area contributed by atoms with E-state index in [2.05, 4.69) is 15.6 Å². The van der Waals surface area contributed by atoms with E-state index in [0.717, 1.165) is 35.2 Å². The van der Waals surface area contributed by atoms with E-state index in [9.17, 15) is 4.79 Å². The zero-order chi connectivity index (χ0) is 15.6. The average molecular weight is 299 g/mol. The van der Waals surface area contributed by atoms with E-state index < -0.39 is 5.60 Å². The summed E-state index contributed by atoms with van der Waals surface area (Å²) in [6.45, 7) is 3.60. The van der Waals surface area contributed by atoms with Gasteiger partial charge in [-0.3, -0.25) is 9.78 Å². The molecule has 1 aromatic heterocycles. The molecule has 1 fully saturated rings. The number of anilines is 1. The fourth-order valence-electron chi connectivity index (χ4n) is 3.01. The number of aromatic nitrogens is 1. The lowest BCUT2D eigenvalue weighted by Gasteiger charge is -2.34. The van der Waals surface area contributed by atoms with E-state index in [4.69, 9.17) is 4.74 Å². The number of ether oxygens (including phenoxy) is 1. The molecule has 1 saturated heterocycles. The van der Waals surface area contributed by atoms with Crippen molar-refractivity contribution in [2.24, 2.45) is 0 Å². The first-order chi connectivity index (χ1) is 10.7. The van der Waals surface area contributed by atoms with Gasteiger partial charge in [-0.15, -0.1) is 0 Å². The number of aryl methyl sites for hydroxylation is 1. The predicted molar refractivity (Wildman–Crippen MR) is 87.0 cm³/mol. The summed E-state index contributed by atoms with van der Waals surface area (Å²) < 4.78 is 5.58. The number of piperidine rings is 1. The number of nitrogens with zero attached hydrogens (tertiary/aromatic N) is 1. The van der Waals surface area contributed by atoms with Crippen LogP contribution in [0.1, 0.15) is 18.4 Å². The minimum atomic E-state index is -0.745. The second-order valence-electron chi connectivity index (χ2n) is 5.73. The Labute approximate surface area is 130 Å². The Morgan fingerprint density at radius 1 is 1.32 bits per heavy atom. The molecule has 0 spiro atoms. The van der Waals surface area contributed by atoms with Crippen molar-refractivity contribution in [1.82, 2.24) is 10.3 Å². The highest BCUT2D eigenvalue weighted by molar-refractivity contribution is 6.04. The topological polar surface area (TPSA) is 63.2 Å². The molecular weight excluding hydrogens is 278 g/mol. The summed E-state index contributed by atoms with van der Waals surface area (Å²) in [5, 5.41) is 7.26. The van der Waals surface area contributed by atoms with E-state index in [1.165, 1.54) is 0 Å². The second-order valence-corrected chi connectivity index (χ2v) is 5.73. The molecule has 0 radical (unpaired) electrons. The van der Waals surface area contributed by atoms with Gasteiger partial charge in [0.2, 0.25) is 0 Å². The minimum absolute atomic E-state index is 0.0782. The van der Waals surface area contributed by atoms with Gasteiger partial charge in [0, 0.05) is 18.7 Å². The molecule has 22 heavy (non-hydrogen) atoms. The third-order valence-corrected chi connectivity index (χ3v) is 4.44. The van der Waals surface area contributed by atoms with Crippen molar-refractivity contribution in [2.75, 3.05) is 25.5 Å². The quantitative estimate of drug-likeness (QED) is 0.912. The Morgan fingerprint density at radius 2 is 2.09 bits per heavy atom. The Kier molecular flexibility index (Phi) is 4.09. The molecule has 0 saturated carbocycles. The van der Waals surface area contributed by atoms with Gasteiger partial charge in [-0.25, -0.2) is 0 Å². The predicted octanol–water partition coefficient (Wildman–Crippen LogP) is 2.25. The molecule has 1 aromatic carbocycles. The highest BCUT2D eigenvalue weighted by atomic mass is 16.5. The van der Waals surface area contributed by atoms with Crippen LogP contribution in [0.4, 0.5) is 5.69 Å². The number of methoxy groups -OCH3 is 1. The maximum Gasteiger partial charge on any atom is 0.256 e. The molecule has 0 unspecified atom stereocenters. The third-order valence-electron chi connectivity index (χ3n) is 4.44. The molecule has 1 aliphatic rings. The number of fused-ring (bicyclic) bond motifs is 1. The van der Waals surface area contributed by atoms with Gasteiger partial charge in [0.25, 0.3) is 5.91 Å². The number of rotatable bonds is 3. The van der Waals surface area contributed by atoms with Gasteiger partial charge >= 0.3 is 0 Å². The number of nitrogens with one attached hydrogen (secondary N) is 2. The standard InChI is InChI=1S/C17H21N3O2/c1-12-5-6-14(13-4-3-9-19-15(12)13)20-16(21)17(22-2)7-10-18-11-8-17/h3-6,9,18H,7-8,10-11H2,1-2H3,(H,20,21). The fraction of sp³-hybridized carbons (Fsp3) is 0.412. The summed E-state index contributed by atoms with van der Waals surface area (Å²) in [4.78, 5) is 17.2. The SMILES string of the molecule is COC1(C(=O)Nc2ccc(C)c3ncccc23)CCNCC1. The number of benzene rings is 1. The number of hydrogen-bond acceptors (Lipinski definition) is 4. The van der Waals surface area contributed by atoms with Crippen molar-refractivity contribution in [3.8, 4) is 0 Å². The molecule has 116 valence electrons. The first-order valence-electron chi connectivity index (χ1n) is 7.58. The van der Waals surface area contributed by atoms with Crippen LogP contribution in [0.3, 0.4) is 0 Å². The van der Waals surface area contributed by atoms with Crippen molar-refractivity contribution in [3.63, 3.8) is 0 Å². The summed E-state index contributed by atoms with van der Waals surface area (Å²) in [7, 11) is 1.61. The van der Waals surface area contributed by atoms with E-state index in [1.54, 1.807) is 13.3 Å². The van der Waals surface area contributed by atoms with E-state index in [-0.39, 0.29) is 5.91 Å². The second kappa shape index (κ2) is 6.02. The van der Waals surface area contributed by atoms with Crippen LogP contribution in [0.5, 0.6) is 0 Å². The third kappa shape index (κ3) is 2.58. The molecule has 5 nitrogen and oxygen atoms in total. The van der Waals surface area contributed by atoms with Gasteiger partial charge < -0.3 is 15.4 Å². The van der Waals surface area contributed by atoms with E-state index in [0.29, 0.717) is 12.8 Å². The Hall–Kier alpha value is -1.98. The Bertz CT molecular complexity index is 693. The lowest BCUT2D eigenvalue weighted by molar-refractivity contribution is -0.140. The van der Waals surface area contributed by atoms with Crippen LogP contribution in [-0.2, 0) is 9.53 Å². The fourth-order valence-corrected chi connectivity index (χ4v) is 3.01. The molecule has 0 aliphatic carbocycles. The smallest absolute Gasteiger partial charge is 0.256 e. The van der Waals surface area contributed by atoms with Gasteiger partial charge in [-0.2, -0.15) is 0 Å². The van der Waals surface area contributed by atoms with E-state index in [1.807, 2.05) is 31.2 Å². The van der Waals surface area contributed by atoms with Crippen LogP contribution < -0.4 is 10.6 Å². The van der Waals surface area contributed by atoms with Gasteiger partial charge in [0.15, 0.2) is 0 Å². The average Bonchev–Trinajstić information content (AvgIpc) is 2.58. The summed E-state index contributed by atoms with van der Waals surface area (Å²) >= 11 is 0. The van der Waals surface area contributed by atoms with Crippen molar-refractivity contribution in [3.05, 3.63) is 36.0 Å². The van der Waals surface area contributed by atoms with Gasteiger partial charge in [-0.1, -0.05) is 6.07 Å². The van der Waals surface area contributed by atoms with Crippen LogP contribution in [0.2, 0.25) is 0 Å². The van der Waals surface area contributed by atoms with Crippen LogP contribution in [0.25, 0.3) is 10.9 Å².